The normalized spacial score (nSPS) is 8.50. The van der Waals surface area contributed by atoms with Crippen molar-refractivity contribution in [2.24, 2.45) is 0 Å². The molecule has 0 aliphatic rings. The van der Waals surface area contributed by atoms with Crippen LogP contribution in [-0.2, 0) is 4.57 Å². The van der Waals surface area contributed by atoms with E-state index in [0.29, 0.717) is 0 Å². The molecule has 0 radical (unpaired) electrons. The largest absolute Gasteiger partial charge is 0.399 e. The highest BCUT2D eigenvalue weighted by Crippen LogP contribution is 2.06. The van der Waals surface area contributed by atoms with Gasteiger partial charge in [0.05, 0.1) is 0 Å². The number of hydrogen-bond acceptors (Lipinski definition) is 1. The Morgan fingerprint density at radius 3 is 1.88 bits per heavy atom. The first kappa shape index (κ1) is 5.46. The minimum atomic E-state index is -1.19. The summed E-state index contributed by atoms with van der Waals surface area (Å²) in [6.07, 6.45) is 0. The maximum Gasteiger partial charge on any atom is 0.399 e. The van der Waals surface area contributed by atoms with Gasteiger partial charge >= 0.3 is 7.41 Å². The maximum absolute atomic E-state index is 10.6. The van der Waals surface area contributed by atoms with Crippen molar-refractivity contribution in [1.29, 1.82) is 0 Å². The highest BCUT2D eigenvalue weighted by molar-refractivity contribution is 7.34. The lowest BCUT2D eigenvalue weighted by Gasteiger charge is -1.49. The molecule has 0 atom stereocenters. The summed E-state index contributed by atoms with van der Waals surface area (Å²) in [7, 11) is -1.19. The minimum absolute atomic E-state index is 1.19. The summed E-state index contributed by atoms with van der Waals surface area (Å²) in [6, 6.07) is 7.30. The van der Waals surface area contributed by atoms with Crippen molar-refractivity contribution in [3.8, 4) is 0 Å². The van der Waals surface area contributed by atoms with E-state index < -0.39 is 7.41 Å². The van der Waals surface area contributed by atoms with Gasteiger partial charge in [-0.05, 0) is 12.1 Å². The van der Waals surface area contributed by atoms with Gasteiger partial charge in [-0.2, -0.15) is 0 Å². The quantitative estimate of drug-likeness (QED) is 0.520. The molecule has 1 aromatic heterocycles. The Kier molecular flexibility index (Phi) is 1.76. The van der Waals surface area contributed by atoms with E-state index in [1.165, 1.54) is 0 Å². The Balaban J connectivity index is 3.32. The molecule has 0 bridgehead atoms. The van der Waals surface area contributed by atoms with Gasteiger partial charge in [0.1, 0.15) is 0 Å². The second-order valence-corrected chi connectivity index (χ2v) is 2.74. The summed E-state index contributed by atoms with van der Waals surface area (Å²) in [5, 5.41) is 0. The Hall–Kier alpha value is -0.680. The van der Waals surface area contributed by atoms with Crippen molar-refractivity contribution >= 4 is 7.41 Å². The zero-order valence-electron chi connectivity index (χ0n) is 4.32. The van der Waals surface area contributed by atoms with Gasteiger partial charge in [-0.1, -0.05) is 16.7 Å². The van der Waals surface area contributed by atoms with E-state index in [9.17, 15) is 4.57 Å². The van der Waals surface area contributed by atoms with Crippen LogP contribution in [0, 0.1) is 0 Å². The fourth-order valence-electron chi connectivity index (χ4n) is 0.447. The second-order valence-electron chi connectivity index (χ2n) is 1.43. The molecule has 0 saturated carbocycles. The molecule has 1 nitrogen and oxygen atoms in total. The molecule has 0 aliphatic carbocycles. The summed E-state index contributed by atoms with van der Waals surface area (Å²) < 4.78 is 10.6. The van der Waals surface area contributed by atoms with Crippen LogP contribution in [0.1, 0.15) is 0 Å². The molecule has 0 aliphatic heterocycles. The van der Waals surface area contributed by atoms with Crippen molar-refractivity contribution in [2.45, 2.75) is 0 Å². The highest BCUT2D eigenvalue weighted by atomic mass is 31.1. The number of hydrogen-bond donors (Lipinski definition) is 0. The zero-order valence-corrected chi connectivity index (χ0v) is 5.21. The molecule has 1 aromatic rings. The molecule has 0 unspecified atom stereocenters. The van der Waals surface area contributed by atoms with E-state index in [-0.39, 0.29) is 0 Å². The van der Waals surface area contributed by atoms with E-state index in [1.807, 2.05) is 12.1 Å². The molecule has 0 spiro atoms. The molecule has 2 heteroatoms. The Bertz CT molecular complexity index is 199. The minimum Gasteiger partial charge on any atom is -0.0627 e. The van der Waals surface area contributed by atoms with Crippen molar-refractivity contribution in [3.63, 3.8) is 0 Å². The van der Waals surface area contributed by atoms with Gasteiger partial charge in [-0.25, -0.2) is 0 Å². The third kappa shape index (κ3) is 1.43. The molecule has 8 heavy (non-hydrogen) atoms. The molecular formula is C6H6OP+. The third-order valence-electron chi connectivity index (χ3n) is 0.799. The molecule has 0 saturated heterocycles. The van der Waals surface area contributed by atoms with Crippen LogP contribution in [0.15, 0.2) is 35.9 Å². The molecule has 40 valence electrons. The second kappa shape index (κ2) is 2.58. The average molecular weight is 125 g/mol. The van der Waals surface area contributed by atoms with Gasteiger partial charge in [0.15, 0.2) is 11.6 Å². The van der Waals surface area contributed by atoms with Gasteiger partial charge in [0, 0.05) is 0 Å². The van der Waals surface area contributed by atoms with Crippen LogP contribution < -0.4 is 0 Å². The summed E-state index contributed by atoms with van der Waals surface area (Å²) in [5.74, 6) is 3.35. The molecule has 0 N–H and O–H groups in total. The lowest BCUT2D eigenvalue weighted by Crippen LogP contribution is -1.31. The average Bonchev–Trinajstić information content (AvgIpc) is 1.94. The molecule has 0 amide bonds. The van der Waals surface area contributed by atoms with Crippen LogP contribution >= 0.6 is 7.41 Å². The van der Waals surface area contributed by atoms with E-state index >= 15 is 0 Å². The van der Waals surface area contributed by atoms with Crippen molar-refractivity contribution in [3.05, 3.63) is 35.9 Å². The first-order chi connectivity index (χ1) is 3.89. The van der Waals surface area contributed by atoms with Gasteiger partial charge in [-0.15, -0.1) is 0 Å². The Labute approximate surface area is 48.7 Å². The SMILES string of the molecule is O=[p+]1cccccc1. The fourth-order valence-corrected chi connectivity index (χ4v) is 1.08. The molecule has 1 heterocycles. The topological polar surface area (TPSA) is 17.1 Å². The molecule has 1 rings (SSSR count). The van der Waals surface area contributed by atoms with E-state index in [1.54, 1.807) is 23.7 Å². The van der Waals surface area contributed by atoms with Crippen molar-refractivity contribution < 1.29 is 4.57 Å². The molecule has 0 aromatic carbocycles. The number of rotatable bonds is 0. The molecular weight excluding hydrogens is 119 g/mol. The predicted molar refractivity (Wildman–Crippen MR) is 34.0 cm³/mol. The van der Waals surface area contributed by atoms with Crippen molar-refractivity contribution in [2.75, 3.05) is 0 Å². The fraction of sp³-hybridized carbons (Fsp3) is 0. The van der Waals surface area contributed by atoms with Gasteiger partial charge in [0.25, 0.3) is 0 Å². The van der Waals surface area contributed by atoms with Crippen LogP contribution in [0.3, 0.4) is 0 Å². The predicted octanol–water partition coefficient (Wildman–Crippen LogP) is 2.43. The van der Waals surface area contributed by atoms with Gasteiger partial charge in [-0.3, -0.25) is 0 Å². The standard InChI is InChI=1S/C6H6OP/c7-8-5-3-1-2-4-6-8/h1-6H/q+1. The summed E-state index contributed by atoms with van der Waals surface area (Å²) in [4.78, 5) is 0. The van der Waals surface area contributed by atoms with Crippen LogP contribution in [-0.4, -0.2) is 0 Å². The molecule has 0 fully saturated rings. The zero-order chi connectivity index (χ0) is 5.82. The van der Waals surface area contributed by atoms with Gasteiger partial charge < -0.3 is 0 Å². The van der Waals surface area contributed by atoms with Crippen LogP contribution in [0.5, 0.6) is 0 Å². The Morgan fingerprint density at radius 1 is 0.875 bits per heavy atom. The Morgan fingerprint density at radius 2 is 1.38 bits per heavy atom. The highest BCUT2D eigenvalue weighted by Gasteiger charge is 1.84. The first-order valence-electron chi connectivity index (χ1n) is 2.37. The lowest BCUT2D eigenvalue weighted by atomic mass is 10.5. The van der Waals surface area contributed by atoms with Crippen LogP contribution in [0.2, 0.25) is 0 Å². The third-order valence-corrected chi connectivity index (χ3v) is 1.73. The van der Waals surface area contributed by atoms with Gasteiger partial charge in [0.2, 0.25) is 0 Å². The van der Waals surface area contributed by atoms with E-state index in [2.05, 4.69) is 0 Å². The summed E-state index contributed by atoms with van der Waals surface area (Å²) in [6.45, 7) is 0. The summed E-state index contributed by atoms with van der Waals surface area (Å²) in [5.41, 5.74) is 0. The maximum atomic E-state index is 10.6. The van der Waals surface area contributed by atoms with Crippen molar-refractivity contribution in [1.82, 2.24) is 0 Å². The summed E-state index contributed by atoms with van der Waals surface area (Å²) >= 11 is 0. The van der Waals surface area contributed by atoms with Crippen LogP contribution in [0.25, 0.3) is 0 Å². The van der Waals surface area contributed by atoms with Crippen LogP contribution in [0.4, 0.5) is 0 Å². The van der Waals surface area contributed by atoms with E-state index in [0.717, 1.165) is 0 Å². The first-order valence-corrected chi connectivity index (χ1v) is 3.76. The monoisotopic (exact) mass is 125 g/mol. The smallest absolute Gasteiger partial charge is 0.0627 e. The van der Waals surface area contributed by atoms with E-state index in [4.69, 9.17) is 0 Å². The lowest BCUT2D eigenvalue weighted by molar-refractivity contribution is 0.600.